The number of ether oxygens (including phenoxy) is 1. The van der Waals surface area contributed by atoms with Crippen molar-refractivity contribution >= 4 is 0 Å². The summed E-state index contributed by atoms with van der Waals surface area (Å²) in [5.74, 6) is 0.766. The van der Waals surface area contributed by atoms with Crippen molar-refractivity contribution < 1.29 is 4.74 Å². The van der Waals surface area contributed by atoms with E-state index in [2.05, 4.69) is 33.0 Å². The largest absolute Gasteiger partial charge is 0.382 e. The van der Waals surface area contributed by atoms with E-state index >= 15 is 0 Å². The third kappa shape index (κ3) is 7.80. The van der Waals surface area contributed by atoms with E-state index in [4.69, 9.17) is 4.74 Å². The highest BCUT2D eigenvalue weighted by Gasteiger charge is 2.13. The third-order valence-electron chi connectivity index (χ3n) is 2.94. The maximum Gasteiger partial charge on any atom is 0.0466 e. The molecule has 0 amide bonds. The summed E-state index contributed by atoms with van der Waals surface area (Å²) >= 11 is 0. The molecule has 2 nitrogen and oxygen atoms in total. The van der Waals surface area contributed by atoms with Crippen LogP contribution < -0.4 is 5.32 Å². The standard InChI is InChI=1S/C13H29NO/c1-5-10-14-13(6-2)12(4)9-8-11-15-7-3/h12-14H,5-11H2,1-4H3. The molecule has 2 unspecified atom stereocenters. The number of hydrogen-bond acceptors (Lipinski definition) is 2. The van der Waals surface area contributed by atoms with E-state index in [1.165, 1.54) is 25.7 Å². The fourth-order valence-corrected chi connectivity index (χ4v) is 1.93. The molecule has 0 aliphatic carbocycles. The normalized spacial score (nSPS) is 15.2. The van der Waals surface area contributed by atoms with Crippen LogP contribution in [0.3, 0.4) is 0 Å². The zero-order chi connectivity index (χ0) is 11.5. The summed E-state index contributed by atoms with van der Waals surface area (Å²) in [5, 5.41) is 3.62. The van der Waals surface area contributed by atoms with Gasteiger partial charge >= 0.3 is 0 Å². The summed E-state index contributed by atoms with van der Waals surface area (Å²) in [4.78, 5) is 0. The predicted octanol–water partition coefficient (Wildman–Crippen LogP) is 3.22. The Labute approximate surface area is 95.8 Å². The molecule has 0 bridgehead atoms. The Morgan fingerprint density at radius 2 is 1.93 bits per heavy atom. The average molecular weight is 215 g/mol. The summed E-state index contributed by atoms with van der Waals surface area (Å²) in [6, 6.07) is 0.687. The minimum atomic E-state index is 0.687. The third-order valence-corrected chi connectivity index (χ3v) is 2.94. The molecular weight excluding hydrogens is 186 g/mol. The second kappa shape index (κ2) is 10.4. The second-order valence-electron chi connectivity index (χ2n) is 4.29. The van der Waals surface area contributed by atoms with Crippen LogP contribution in [0, 0.1) is 5.92 Å². The highest BCUT2D eigenvalue weighted by Crippen LogP contribution is 2.13. The molecule has 92 valence electrons. The molecule has 0 aliphatic rings. The molecule has 0 heterocycles. The minimum Gasteiger partial charge on any atom is -0.382 e. The predicted molar refractivity (Wildman–Crippen MR) is 67.3 cm³/mol. The lowest BCUT2D eigenvalue weighted by atomic mass is 9.94. The van der Waals surface area contributed by atoms with E-state index in [0.717, 1.165) is 25.7 Å². The molecule has 2 atom stereocenters. The molecule has 0 aromatic heterocycles. The lowest BCUT2D eigenvalue weighted by Crippen LogP contribution is -2.35. The Hall–Kier alpha value is -0.0800. The number of nitrogens with one attached hydrogen (secondary N) is 1. The topological polar surface area (TPSA) is 21.3 Å². The highest BCUT2D eigenvalue weighted by atomic mass is 16.5. The Morgan fingerprint density at radius 3 is 2.47 bits per heavy atom. The van der Waals surface area contributed by atoms with Crippen molar-refractivity contribution in [3.63, 3.8) is 0 Å². The molecular formula is C13H29NO. The zero-order valence-electron chi connectivity index (χ0n) is 11.0. The van der Waals surface area contributed by atoms with Crippen LogP contribution in [0.5, 0.6) is 0 Å². The van der Waals surface area contributed by atoms with Crippen LogP contribution in [-0.2, 0) is 4.74 Å². The molecule has 0 radical (unpaired) electrons. The Kier molecular flexibility index (Phi) is 10.4. The molecule has 1 N–H and O–H groups in total. The van der Waals surface area contributed by atoms with Gasteiger partial charge in [0.2, 0.25) is 0 Å². The summed E-state index contributed by atoms with van der Waals surface area (Å²) in [6.45, 7) is 11.8. The lowest BCUT2D eigenvalue weighted by Gasteiger charge is -2.23. The van der Waals surface area contributed by atoms with E-state index in [9.17, 15) is 0 Å². The molecule has 0 rings (SSSR count). The van der Waals surface area contributed by atoms with Gasteiger partial charge < -0.3 is 10.1 Å². The minimum absolute atomic E-state index is 0.687. The molecule has 0 saturated heterocycles. The van der Waals surface area contributed by atoms with Crippen LogP contribution >= 0.6 is 0 Å². The van der Waals surface area contributed by atoms with Gasteiger partial charge in [0.15, 0.2) is 0 Å². The van der Waals surface area contributed by atoms with Crippen molar-refractivity contribution in [1.29, 1.82) is 0 Å². The molecule has 0 spiro atoms. The molecule has 15 heavy (non-hydrogen) atoms. The number of hydrogen-bond donors (Lipinski definition) is 1. The first-order valence-electron chi connectivity index (χ1n) is 6.57. The van der Waals surface area contributed by atoms with Gasteiger partial charge in [-0.2, -0.15) is 0 Å². The quantitative estimate of drug-likeness (QED) is 0.565. The van der Waals surface area contributed by atoms with Crippen LogP contribution in [0.4, 0.5) is 0 Å². The molecule has 0 aliphatic heterocycles. The van der Waals surface area contributed by atoms with E-state index < -0.39 is 0 Å². The zero-order valence-corrected chi connectivity index (χ0v) is 11.0. The lowest BCUT2D eigenvalue weighted by molar-refractivity contribution is 0.137. The second-order valence-corrected chi connectivity index (χ2v) is 4.29. The summed E-state index contributed by atoms with van der Waals surface area (Å²) in [7, 11) is 0. The van der Waals surface area contributed by atoms with Gasteiger partial charge in [-0.15, -0.1) is 0 Å². The monoisotopic (exact) mass is 215 g/mol. The molecule has 0 aromatic carbocycles. The van der Waals surface area contributed by atoms with Crippen molar-refractivity contribution in [2.45, 2.75) is 59.4 Å². The fourth-order valence-electron chi connectivity index (χ4n) is 1.93. The van der Waals surface area contributed by atoms with Crippen molar-refractivity contribution in [1.82, 2.24) is 5.32 Å². The fraction of sp³-hybridized carbons (Fsp3) is 1.00. The van der Waals surface area contributed by atoms with Crippen LogP contribution in [0.15, 0.2) is 0 Å². The first kappa shape index (κ1) is 14.9. The van der Waals surface area contributed by atoms with Crippen molar-refractivity contribution in [2.75, 3.05) is 19.8 Å². The summed E-state index contributed by atoms with van der Waals surface area (Å²) in [6.07, 6.45) is 4.92. The van der Waals surface area contributed by atoms with Gasteiger partial charge in [-0.3, -0.25) is 0 Å². The van der Waals surface area contributed by atoms with E-state index in [-0.39, 0.29) is 0 Å². The van der Waals surface area contributed by atoms with E-state index in [1.54, 1.807) is 0 Å². The maximum atomic E-state index is 5.36. The highest BCUT2D eigenvalue weighted by molar-refractivity contribution is 4.71. The molecule has 2 heteroatoms. The maximum absolute atomic E-state index is 5.36. The van der Waals surface area contributed by atoms with E-state index in [0.29, 0.717) is 6.04 Å². The average Bonchev–Trinajstić information content (AvgIpc) is 2.25. The van der Waals surface area contributed by atoms with Crippen LogP contribution in [0.2, 0.25) is 0 Å². The van der Waals surface area contributed by atoms with Crippen LogP contribution in [0.1, 0.15) is 53.4 Å². The summed E-state index contributed by atoms with van der Waals surface area (Å²) in [5.41, 5.74) is 0. The smallest absolute Gasteiger partial charge is 0.0466 e. The number of rotatable bonds is 10. The van der Waals surface area contributed by atoms with Gasteiger partial charge in [-0.1, -0.05) is 20.8 Å². The van der Waals surface area contributed by atoms with Gasteiger partial charge in [0.25, 0.3) is 0 Å². The molecule has 0 fully saturated rings. The van der Waals surface area contributed by atoms with Crippen molar-refractivity contribution in [3.05, 3.63) is 0 Å². The first-order valence-corrected chi connectivity index (χ1v) is 6.57. The van der Waals surface area contributed by atoms with Crippen LogP contribution in [0.25, 0.3) is 0 Å². The van der Waals surface area contributed by atoms with Gasteiger partial charge in [-0.05, 0) is 45.1 Å². The van der Waals surface area contributed by atoms with E-state index in [1.807, 2.05) is 0 Å². The molecule has 0 aromatic rings. The van der Waals surface area contributed by atoms with Gasteiger partial charge in [0.1, 0.15) is 0 Å². The van der Waals surface area contributed by atoms with Gasteiger partial charge in [0.05, 0.1) is 0 Å². The van der Waals surface area contributed by atoms with Gasteiger partial charge in [0, 0.05) is 19.3 Å². The molecule has 0 saturated carbocycles. The van der Waals surface area contributed by atoms with Crippen molar-refractivity contribution in [2.24, 2.45) is 5.92 Å². The van der Waals surface area contributed by atoms with Crippen molar-refractivity contribution in [3.8, 4) is 0 Å². The first-order chi connectivity index (χ1) is 7.26. The summed E-state index contributed by atoms with van der Waals surface area (Å²) < 4.78 is 5.36. The van der Waals surface area contributed by atoms with Gasteiger partial charge in [-0.25, -0.2) is 0 Å². The Bertz CT molecular complexity index is 128. The Balaban J connectivity index is 3.58. The van der Waals surface area contributed by atoms with Crippen LogP contribution in [-0.4, -0.2) is 25.8 Å². The SMILES string of the molecule is CCCNC(CC)C(C)CCCOCC. The Morgan fingerprint density at radius 1 is 1.20 bits per heavy atom.